The zero-order valence-corrected chi connectivity index (χ0v) is 36.8. The first-order valence-corrected chi connectivity index (χ1v) is 32.0. The SMILES string of the molecule is CCCC(C)C1=Cc2c(-c3ccc(C(C)C)cc3)cccc2[CH]1[Zr]([CH3])([CH3])(=[SiH2])[CH]1C(C)=Cc2c(-c3ccc(C(C)CC)cc3)cccc21.Cl.Cl. The Bertz CT molecular complexity index is 1920. The van der Waals surface area contributed by atoms with E-state index in [0.717, 1.165) is 0 Å². The van der Waals surface area contributed by atoms with Crippen LogP contribution in [-0.2, 0) is 17.4 Å². The van der Waals surface area contributed by atoms with E-state index in [1.165, 1.54) is 63.8 Å². The normalized spacial score (nSPS) is 18.1. The van der Waals surface area contributed by atoms with E-state index in [0.29, 0.717) is 25.0 Å². The fourth-order valence-corrected chi connectivity index (χ4v) is 29.7. The van der Waals surface area contributed by atoms with Gasteiger partial charge in [-0.25, -0.2) is 0 Å². The molecule has 4 atom stereocenters. The molecule has 0 aliphatic heterocycles. The molecule has 0 saturated heterocycles. The van der Waals surface area contributed by atoms with Crippen molar-refractivity contribution in [3.63, 3.8) is 0 Å². The van der Waals surface area contributed by atoms with E-state index in [-0.39, 0.29) is 24.8 Å². The van der Waals surface area contributed by atoms with Gasteiger partial charge in [0.2, 0.25) is 0 Å². The van der Waals surface area contributed by atoms with Gasteiger partial charge in [0, 0.05) is 0 Å². The number of hydrogen-bond acceptors (Lipinski definition) is 0. The minimum Gasteiger partial charge on any atom is -0.147 e. The average Bonchev–Trinajstić information content (AvgIpc) is 3.63. The van der Waals surface area contributed by atoms with E-state index in [4.69, 9.17) is 0 Å². The molecule has 4 aromatic rings. The molecular weight excluding hydrogens is 731 g/mol. The summed E-state index contributed by atoms with van der Waals surface area (Å²) in [6.07, 6.45) is 8.86. The molecule has 0 saturated carbocycles. The van der Waals surface area contributed by atoms with E-state index >= 15 is 0 Å². The van der Waals surface area contributed by atoms with E-state index in [1.54, 1.807) is 22.3 Å². The minimum absolute atomic E-state index is 0. The molecule has 4 aromatic carbocycles. The first-order chi connectivity index (χ1) is 22.3. The molecule has 0 radical (unpaired) electrons. The molecule has 0 fully saturated rings. The van der Waals surface area contributed by atoms with Gasteiger partial charge in [-0.2, -0.15) is 0 Å². The van der Waals surface area contributed by atoms with Gasteiger partial charge in [-0.1, -0.05) is 0 Å². The van der Waals surface area contributed by atoms with Gasteiger partial charge in [-0.3, -0.25) is 0 Å². The van der Waals surface area contributed by atoms with Gasteiger partial charge in [0.05, 0.1) is 0 Å². The Balaban J connectivity index is 0.00000270. The van der Waals surface area contributed by atoms with Gasteiger partial charge in [0.25, 0.3) is 0 Å². The molecule has 0 N–H and O–H groups in total. The molecule has 0 aromatic heterocycles. The number of allylic oxidation sites excluding steroid dienone is 2. The number of fused-ring (bicyclic) bond motifs is 2. The van der Waals surface area contributed by atoms with Crippen molar-refractivity contribution in [3.05, 3.63) is 129 Å². The Morgan fingerprint density at radius 1 is 0.633 bits per heavy atom. The molecule has 0 amide bonds. The predicted molar refractivity (Wildman–Crippen MR) is 223 cm³/mol. The summed E-state index contributed by atoms with van der Waals surface area (Å²) in [5, 5.41) is 0. The van der Waals surface area contributed by atoms with Crippen LogP contribution in [0.15, 0.2) is 96.1 Å². The summed E-state index contributed by atoms with van der Waals surface area (Å²) in [7, 11) is 0. The smallest absolute Gasteiger partial charge is 0.147 e. The molecule has 4 heteroatoms. The summed E-state index contributed by atoms with van der Waals surface area (Å²) < 4.78 is 6.63. The Morgan fingerprint density at radius 3 is 1.61 bits per heavy atom. The molecule has 6 rings (SSSR count). The molecule has 0 spiro atoms. The molecule has 4 unspecified atom stereocenters. The molecule has 0 heterocycles. The number of halogens is 2. The first-order valence-electron chi connectivity index (χ1n) is 18.3. The summed E-state index contributed by atoms with van der Waals surface area (Å²) in [5.41, 5.74) is 17.7. The van der Waals surface area contributed by atoms with Gasteiger partial charge < -0.3 is 0 Å². The van der Waals surface area contributed by atoms with Crippen molar-refractivity contribution in [1.82, 2.24) is 0 Å². The van der Waals surface area contributed by atoms with Gasteiger partial charge in [0.1, 0.15) is 0 Å². The summed E-state index contributed by atoms with van der Waals surface area (Å²) in [6, 6.07) is 33.2. The van der Waals surface area contributed by atoms with E-state index < -0.39 is 17.4 Å². The largest absolute Gasteiger partial charge is 0.147 e. The topological polar surface area (TPSA) is 0 Å². The monoisotopic (exact) mass is 786 g/mol. The van der Waals surface area contributed by atoms with Crippen LogP contribution in [0.5, 0.6) is 0 Å². The third-order valence-corrected chi connectivity index (χ3v) is 29.5. The van der Waals surface area contributed by atoms with E-state index in [1.807, 2.05) is 0 Å². The van der Waals surface area contributed by atoms with Crippen LogP contribution in [0.25, 0.3) is 34.4 Å². The van der Waals surface area contributed by atoms with Crippen LogP contribution < -0.4 is 0 Å². The van der Waals surface area contributed by atoms with E-state index in [2.05, 4.69) is 162 Å². The first kappa shape index (κ1) is 39.8. The van der Waals surface area contributed by atoms with Crippen LogP contribution in [0, 0.1) is 5.92 Å². The summed E-state index contributed by atoms with van der Waals surface area (Å²) in [4.78, 5) is 0. The third-order valence-electron chi connectivity index (χ3n) is 11.9. The second-order valence-corrected chi connectivity index (χ2v) is 46.8. The second-order valence-electron chi connectivity index (χ2n) is 16.4. The van der Waals surface area contributed by atoms with Gasteiger partial charge in [0.15, 0.2) is 0 Å². The van der Waals surface area contributed by atoms with Crippen LogP contribution in [0.1, 0.15) is 120 Å². The second kappa shape index (κ2) is 15.3. The van der Waals surface area contributed by atoms with Crippen LogP contribution in [0.2, 0.25) is 9.26 Å². The van der Waals surface area contributed by atoms with Crippen molar-refractivity contribution in [2.24, 2.45) is 5.92 Å². The maximum absolute atomic E-state index is 3.69. The maximum atomic E-state index is 2.79. The number of benzene rings is 4. The predicted octanol–water partition coefficient (Wildman–Crippen LogP) is 13.9. The van der Waals surface area contributed by atoms with Crippen LogP contribution in [-0.4, -0.2) is 6.88 Å². The van der Waals surface area contributed by atoms with Crippen LogP contribution >= 0.6 is 24.8 Å². The molecule has 0 nitrogen and oxygen atoms in total. The summed E-state index contributed by atoms with van der Waals surface area (Å²) in [5.74, 6) is 1.72. The average molecular weight is 789 g/mol. The van der Waals surface area contributed by atoms with Crippen LogP contribution in [0.3, 0.4) is 0 Å². The minimum atomic E-state index is -3.69. The number of rotatable bonds is 10. The Morgan fingerprint density at radius 2 is 1.12 bits per heavy atom. The third kappa shape index (κ3) is 7.24. The van der Waals surface area contributed by atoms with Crippen molar-refractivity contribution in [1.29, 1.82) is 0 Å². The summed E-state index contributed by atoms with van der Waals surface area (Å²) >= 11 is -3.69. The van der Waals surface area contributed by atoms with Crippen molar-refractivity contribution in [3.8, 4) is 22.3 Å². The quantitative estimate of drug-likeness (QED) is 0.140. The number of hydrogen-bond donors (Lipinski definition) is 0. The molecule has 260 valence electrons. The Kier molecular flexibility index (Phi) is 12.5. The Hall–Kier alpha value is -1.96. The fourth-order valence-electron chi connectivity index (χ4n) is 9.27. The molecule has 2 aliphatic carbocycles. The van der Waals surface area contributed by atoms with Crippen molar-refractivity contribution in [2.75, 3.05) is 0 Å². The standard InChI is InChI=1S/C23H27.C20H21.2CH3.2ClH.H2Si.Zr/c1-5-7-17(4)21-14-20-8-6-9-22(23(20)15-21)19-12-10-18(11-13-19)16(2)3;1-4-15(3)16-8-10-17(11-9-16)19-7-5-6-18-12-14(2)13-20(18)19;;;;;;/h6,8-17H,5,7H2,1-4H3;5-13,15H,4H2,1-3H3;2*1H3;2*1H;1H2;. The molecule has 2 aliphatic rings. The maximum Gasteiger partial charge on any atom is -0.147 e. The zero-order valence-electron chi connectivity index (χ0n) is 31.3. The summed E-state index contributed by atoms with van der Waals surface area (Å²) in [6.45, 7) is 19.0. The molecule has 49 heavy (non-hydrogen) atoms. The van der Waals surface area contributed by atoms with Crippen molar-refractivity contribution >= 4 is 43.8 Å². The van der Waals surface area contributed by atoms with Crippen molar-refractivity contribution < 1.29 is 17.4 Å². The van der Waals surface area contributed by atoms with Crippen LogP contribution in [0.4, 0.5) is 0 Å². The molecular formula is C45H58Cl2SiZr. The molecule has 0 bridgehead atoms. The zero-order chi connectivity index (χ0) is 33.7. The fraction of sp³-hybridized carbons (Fsp3) is 0.378. The van der Waals surface area contributed by atoms with Gasteiger partial charge in [-0.15, -0.1) is 24.8 Å². The Labute approximate surface area is 312 Å². The van der Waals surface area contributed by atoms with E-state index in [9.17, 15) is 0 Å². The van der Waals surface area contributed by atoms with Gasteiger partial charge >= 0.3 is 290 Å². The van der Waals surface area contributed by atoms with Gasteiger partial charge in [-0.05, 0) is 0 Å². The van der Waals surface area contributed by atoms with Crippen molar-refractivity contribution in [2.45, 2.75) is 96.1 Å².